The minimum atomic E-state index is -0.490. The van der Waals surface area contributed by atoms with Gasteiger partial charge in [0.2, 0.25) is 18.2 Å². The lowest BCUT2D eigenvalue weighted by Gasteiger charge is -2.41. The summed E-state index contributed by atoms with van der Waals surface area (Å²) in [6.45, 7) is 4.90. The van der Waals surface area contributed by atoms with Gasteiger partial charge in [-0.1, -0.05) is 19.1 Å². The number of hydrogen-bond donors (Lipinski definition) is 2. The Kier molecular flexibility index (Phi) is 6.65. The summed E-state index contributed by atoms with van der Waals surface area (Å²) in [5, 5.41) is 3.47. The van der Waals surface area contributed by atoms with E-state index in [1.54, 1.807) is 14.2 Å². The van der Waals surface area contributed by atoms with E-state index in [9.17, 15) is 0 Å². The molecule has 0 spiro atoms. The Hall–Kier alpha value is -3.46. The van der Waals surface area contributed by atoms with Crippen molar-refractivity contribution >= 4 is 23.3 Å². The van der Waals surface area contributed by atoms with Gasteiger partial charge in [0.15, 0.2) is 11.5 Å². The lowest BCUT2D eigenvalue weighted by Crippen LogP contribution is -2.57. The molecule has 0 amide bonds. The Morgan fingerprint density at radius 2 is 1.78 bits per heavy atom. The molecule has 1 saturated heterocycles. The zero-order chi connectivity index (χ0) is 22.5. The molecule has 2 aliphatic rings. The number of anilines is 2. The van der Waals surface area contributed by atoms with Crippen molar-refractivity contribution in [2.75, 3.05) is 50.7 Å². The van der Waals surface area contributed by atoms with Crippen LogP contribution in [0.1, 0.15) is 12.5 Å². The van der Waals surface area contributed by atoms with Gasteiger partial charge in [-0.05, 0) is 36.2 Å². The molecule has 170 valence electrons. The molecule has 0 bridgehead atoms. The maximum Gasteiger partial charge on any atom is 0.222 e. The minimum Gasteiger partial charge on any atom is -0.493 e. The maximum absolute atomic E-state index is 6.16. The van der Waals surface area contributed by atoms with Crippen LogP contribution >= 0.6 is 0 Å². The minimum absolute atomic E-state index is 0.228. The van der Waals surface area contributed by atoms with Gasteiger partial charge in [-0.15, -0.1) is 0 Å². The van der Waals surface area contributed by atoms with E-state index in [2.05, 4.69) is 56.3 Å². The van der Waals surface area contributed by atoms with Crippen LogP contribution in [0.15, 0.2) is 52.4 Å². The normalized spacial score (nSPS) is 18.7. The van der Waals surface area contributed by atoms with Crippen LogP contribution in [0.25, 0.3) is 0 Å². The molecule has 0 radical (unpaired) electrons. The first-order valence-corrected chi connectivity index (χ1v) is 10.7. The SMILES string of the molecule is CCc1ccc(N2C(N3CCOCC3)=NC(N)=NC2Nc2ccc(OC)c(OC)c2)cc1. The molecule has 0 aliphatic carbocycles. The van der Waals surface area contributed by atoms with Crippen LogP contribution < -0.4 is 25.4 Å². The fraction of sp³-hybridized carbons (Fsp3) is 0.391. The number of nitrogens with one attached hydrogen (secondary N) is 1. The molecular formula is C23H30N6O3. The molecule has 2 aromatic carbocycles. The molecule has 2 aliphatic heterocycles. The number of methoxy groups -OCH3 is 2. The monoisotopic (exact) mass is 438 g/mol. The molecule has 9 nitrogen and oxygen atoms in total. The summed E-state index contributed by atoms with van der Waals surface area (Å²) in [7, 11) is 3.23. The van der Waals surface area contributed by atoms with Crippen molar-refractivity contribution in [3.8, 4) is 11.5 Å². The number of aryl methyl sites for hydroxylation is 1. The molecular weight excluding hydrogens is 408 g/mol. The fourth-order valence-electron chi connectivity index (χ4n) is 3.78. The molecule has 2 heterocycles. The van der Waals surface area contributed by atoms with Crippen molar-refractivity contribution in [2.45, 2.75) is 19.6 Å². The Morgan fingerprint density at radius 3 is 2.44 bits per heavy atom. The predicted molar refractivity (Wildman–Crippen MR) is 127 cm³/mol. The van der Waals surface area contributed by atoms with Crippen molar-refractivity contribution in [1.29, 1.82) is 0 Å². The van der Waals surface area contributed by atoms with Gasteiger partial charge in [0.05, 0.1) is 27.4 Å². The number of benzene rings is 2. The first kappa shape index (κ1) is 21.8. The lowest BCUT2D eigenvalue weighted by molar-refractivity contribution is 0.0671. The zero-order valence-electron chi connectivity index (χ0n) is 18.7. The summed E-state index contributed by atoms with van der Waals surface area (Å²) in [6.07, 6.45) is 0.485. The molecule has 9 heteroatoms. The number of guanidine groups is 2. The fourth-order valence-corrected chi connectivity index (χ4v) is 3.78. The van der Waals surface area contributed by atoms with Gasteiger partial charge < -0.3 is 30.2 Å². The largest absolute Gasteiger partial charge is 0.493 e. The summed E-state index contributed by atoms with van der Waals surface area (Å²) < 4.78 is 16.4. The Labute approximate surface area is 188 Å². The molecule has 1 atom stereocenters. The van der Waals surface area contributed by atoms with Crippen molar-refractivity contribution < 1.29 is 14.2 Å². The lowest BCUT2D eigenvalue weighted by atomic mass is 10.1. The van der Waals surface area contributed by atoms with E-state index in [1.165, 1.54) is 5.56 Å². The average molecular weight is 439 g/mol. The topological polar surface area (TPSA) is 96.9 Å². The number of nitrogens with two attached hydrogens (primary N) is 1. The molecule has 0 aromatic heterocycles. The Balaban J connectivity index is 1.70. The number of hydrogen-bond acceptors (Lipinski definition) is 9. The quantitative estimate of drug-likeness (QED) is 0.715. The van der Waals surface area contributed by atoms with Gasteiger partial charge in [0, 0.05) is 30.5 Å². The van der Waals surface area contributed by atoms with Gasteiger partial charge in [-0.3, -0.25) is 4.90 Å². The smallest absolute Gasteiger partial charge is 0.222 e. The molecule has 32 heavy (non-hydrogen) atoms. The van der Waals surface area contributed by atoms with Crippen LogP contribution in [-0.4, -0.2) is 63.6 Å². The second-order valence-corrected chi connectivity index (χ2v) is 7.48. The highest BCUT2D eigenvalue weighted by Gasteiger charge is 2.32. The van der Waals surface area contributed by atoms with E-state index in [-0.39, 0.29) is 5.96 Å². The van der Waals surface area contributed by atoms with Crippen molar-refractivity contribution in [2.24, 2.45) is 15.7 Å². The molecule has 2 aromatic rings. The summed E-state index contributed by atoms with van der Waals surface area (Å²) in [6, 6.07) is 14.1. The van der Waals surface area contributed by atoms with Gasteiger partial charge >= 0.3 is 0 Å². The molecule has 4 rings (SSSR count). The number of nitrogens with zero attached hydrogens (tertiary/aromatic N) is 4. The predicted octanol–water partition coefficient (Wildman–Crippen LogP) is 2.48. The maximum atomic E-state index is 6.16. The summed E-state index contributed by atoms with van der Waals surface area (Å²) in [5.41, 5.74) is 9.22. The summed E-state index contributed by atoms with van der Waals surface area (Å²) >= 11 is 0. The molecule has 0 saturated carbocycles. The van der Waals surface area contributed by atoms with Crippen LogP contribution in [0.2, 0.25) is 0 Å². The Bertz CT molecular complexity index is 986. The van der Waals surface area contributed by atoms with E-state index in [0.717, 1.165) is 36.8 Å². The number of aliphatic imine (C=N–C) groups is 2. The highest BCUT2D eigenvalue weighted by atomic mass is 16.5. The average Bonchev–Trinajstić information content (AvgIpc) is 2.84. The van der Waals surface area contributed by atoms with Gasteiger partial charge in [0.25, 0.3) is 0 Å². The van der Waals surface area contributed by atoms with E-state index in [1.807, 2.05) is 18.2 Å². The van der Waals surface area contributed by atoms with Gasteiger partial charge in [0.1, 0.15) is 0 Å². The van der Waals surface area contributed by atoms with Crippen LogP contribution in [0, 0.1) is 0 Å². The number of rotatable bonds is 6. The van der Waals surface area contributed by atoms with Crippen LogP contribution in [0.3, 0.4) is 0 Å². The summed E-state index contributed by atoms with van der Waals surface area (Å²) in [5.74, 6) is 2.27. The third-order valence-electron chi connectivity index (χ3n) is 5.53. The molecule has 1 fully saturated rings. The molecule has 3 N–H and O–H groups in total. The molecule has 1 unspecified atom stereocenters. The number of morpholine rings is 1. The second kappa shape index (κ2) is 9.78. The highest BCUT2D eigenvalue weighted by Crippen LogP contribution is 2.31. The highest BCUT2D eigenvalue weighted by molar-refractivity contribution is 6.06. The Morgan fingerprint density at radius 1 is 1.06 bits per heavy atom. The third-order valence-corrected chi connectivity index (χ3v) is 5.53. The van der Waals surface area contributed by atoms with E-state index in [0.29, 0.717) is 24.7 Å². The third kappa shape index (κ3) is 4.57. The van der Waals surface area contributed by atoms with Gasteiger partial charge in [-0.2, -0.15) is 4.99 Å². The van der Waals surface area contributed by atoms with Crippen LogP contribution in [-0.2, 0) is 11.2 Å². The summed E-state index contributed by atoms with van der Waals surface area (Å²) in [4.78, 5) is 13.5. The second-order valence-electron chi connectivity index (χ2n) is 7.48. The number of ether oxygens (including phenoxy) is 3. The van der Waals surface area contributed by atoms with Crippen molar-refractivity contribution in [3.63, 3.8) is 0 Å². The van der Waals surface area contributed by atoms with Crippen LogP contribution in [0.5, 0.6) is 11.5 Å². The van der Waals surface area contributed by atoms with E-state index in [4.69, 9.17) is 19.9 Å². The van der Waals surface area contributed by atoms with E-state index >= 15 is 0 Å². The first-order valence-electron chi connectivity index (χ1n) is 10.7. The van der Waals surface area contributed by atoms with Crippen molar-refractivity contribution in [3.05, 3.63) is 48.0 Å². The first-order chi connectivity index (χ1) is 15.6. The van der Waals surface area contributed by atoms with Crippen molar-refractivity contribution in [1.82, 2.24) is 4.90 Å². The van der Waals surface area contributed by atoms with Crippen LogP contribution in [0.4, 0.5) is 11.4 Å². The zero-order valence-corrected chi connectivity index (χ0v) is 18.7. The van der Waals surface area contributed by atoms with E-state index < -0.39 is 6.29 Å². The van der Waals surface area contributed by atoms with Gasteiger partial charge in [-0.25, -0.2) is 4.99 Å². The standard InChI is InChI=1S/C23H30N6O3/c1-4-16-5-8-18(9-6-16)29-22(25-17-7-10-19(30-2)20(15-17)31-3)26-21(24)27-23(29)28-11-13-32-14-12-28/h5-10,15,22,25H,4,11-14H2,1-3H3,(H2,24,26).